The number of fused-ring (bicyclic) bond motifs is 6. The summed E-state index contributed by atoms with van der Waals surface area (Å²) in [6.45, 7) is 0. The molecule has 0 saturated carbocycles. The maximum absolute atomic E-state index is 6.49. The number of anilines is 3. The lowest BCUT2D eigenvalue weighted by atomic mass is 9.96. The van der Waals surface area contributed by atoms with Crippen LogP contribution < -0.4 is 4.90 Å². The van der Waals surface area contributed by atoms with Gasteiger partial charge in [0.05, 0.1) is 0 Å². The second kappa shape index (κ2) is 12.4. The third-order valence-electron chi connectivity index (χ3n) is 10.1. The monoisotopic (exact) mass is 664 g/mol. The van der Waals surface area contributed by atoms with Crippen LogP contribution in [0.5, 0.6) is 0 Å². The summed E-state index contributed by atoms with van der Waals surface area (Å²) in [5, 5.41) is 6.97. The molecule has 0 atom stereocenters. The predicted octanol–water partition coefficient (Wildman–Crippen LogP) is 13.8. The van der Waals surface area contributed by atoms with Gasteiger partial charge in [0.2, 0.25) is 5.89 Å². The first-order chi connectivity index (χ1) is 25.7. The molecule has 3 heteroatoms. The van der Waals surface area contributed by atoms with Crippen LogP contribution in [0, 0.1) is 0 Å². The fraction of sp³-hybridized carbons (Fsp3) is 0. The Hall–Kier alpha value is -6.97. The maximum atomic E-state index is 6.49. The van der Waals surface area contributed by atoms with E-state index in [9.17, 15) is 0 Å². The van der Waals surface area contributed by atoms with Crippen LogP contribution in [0.3, 0.4) is 0 Å². The molecule has 0 unspecified atom stereocenters. The van der Waals surface area contributed by atoms with E-state index in [1.54, 1.807) is 0 Å². The minimum Gasteiger partial charge on any atom is -0.435 e. The average molecular weight is 665 g/mol. The molecule has 3 nitrogen and oxygen atoms in total. The first-order valence-electron chi connectivity index (χ1n) is 17.6. The Morgan fingerprint density at radius 1 is 0.365 bits per heavy atom. The van der Waals surface area contributed by atoms with Gasteiger partial charge >= 0.3 is 0 Å². The second-order valence-corrected chi connectivity index (χ2v) is 13.2. The molecule has 9 aromatic carbocycles. The Balaban J connectivity index is 1.06. The number of aromatic nitrogens is 1. The molecule has 0 saturated heterocycles. The van der Waals surface area contributed by atoms with Gasteiger partial charge in [0, 0.05) is 28.0 Å². The Kier molecular flexibility index (Phi) is 7.14. The molecule has 0 aliphatic carbocycles. The minimum atomic E-state index is 0.637. The van der Waals surface area contributed by atoms with Gasteiger partial charge < -0.3 is 9.32 Å². The Labute approximate surface area is 301 Å². The standard InChI is InChI=1S/C49H32N2O/c1-3-9-33(10-4-1)35-19-25-42(26-20-35)51(44-29-23-34-11-7-8-14-40(34)31-44)43-27-21-36(22-28-43)41-18-16-37-15-17-38-24-30-46-48(47(38)45(37)32-41)52-49(50-46)39-12-5-2-6-13-39/h1-32H. The smallest absolute Gasteiger partial charge is 0.227 e. The number of oxazole rings is 1. The SMILES string of the molecule is c1ccc(-c2ccc(N(c3ccc(-c4ccc5ccc6ccc7nc(-c8ccccc8)oc7c6c5c4)cc3)c3ccc4ccccc4c3)cc2)cc1. The van der Waals surface area contributed by atoms with Gasteiger partial charge in [-0.05, 0) is 110 Å². The maximum Gasteiger partial charge on any atom is 0.227 e. The van der Waals surface area contributed by atoms with Crippen molar-refractivity contribution >= 4 is 60.5 Å². The summed E-state index contributed by atoms with van der Waals surface area (Å²) in [4.78, 5) is 7.20. The molecule has 0 fully saturated rings. The van der Waals surface area contributed by atoms with Crippen LogP contribution in [0.4, 0.5) is 17.1 Å². The van der Waals surface area contributed by atoms with Gasteiger partial charge in [0.25, 0.3) is 0 Å². The molecule has 52 heavy (non-hydrogen) atoms. The summed E-state index contributed by atoms with van der Waals surface area (Å²) < 4.78 is 6.49. The molecule has 1 heterocycles. The van der Waals surface area contributed by atoms with E-state index in [-0.39, 0.29) is 0 Å². The molecule has 244 valence electrons. The molecule has 0 N–H and O–H groups in total. The molecule has 0 amide bonds. The number of benzene rings is 9. The fourth-order valence-corrected chi connectivity index (χ4v) is 7.40. The van der Waals surface area contributed by atoms with Crippen LogP contribution in [0.2, 0.25) is 0 Å². The Bertz CT molecular complexity index is 2880. The first-order valence-corrected chi connectivity index (χ1v) is 17.6. The van der Waals surface area contributed by atoms with Crippen molar-refractivity contribution in [1.82, 2.24) is 4.98 Å². The lowest BCUT2D eigenvalue weighted by molar-refractivity contribution is 0.623. The van der Waals surface area contributed by atoms with Crippen molar-refractivity contribution < 1.29 is 4.42 Å². The van der Waals surface area contributed by atoms with Gasteiger partial charge in [-0.3, -0.25) is 0 Å². The van der Waals surface area contributed by atoms with E-state index < -0.39 is 0 Å². The summed E-state index contributed by atoms with van der Waals surface area (Å²) in [6.07, 6.45) is 0. The molecule has 1 aromatic heterocycles. The summed E-state index contributed by atoms with van der Waals surface area (Å²) in [6, 6.07) is 68.9. The highest BCUT2D eigenvalue weighted by molar-refractivity contribution is 6.18. The van der Waals surface area contributed by atoms with E-state index in [2.05, 4.69) is 169 Å². The first kappa shape index (κ1) is 29.9. The molecular formula is C49H32N2O. The zero-order valence-electron chi connectivity index (χ0n) is 28.3. The zero-order valence-corrected chi connectivity index (χ0v) is 28.3. The van der Waals surface area contributed by atoms with Crippen LogP contribution in [0.25, 0.3) is 77.1 Å². The number of hydrogen-bond acceptors (Lipinski definition) is 3. The van der Waals surface area contributed by atoms with Gasteiger partial charge in [-0.25, -0.2) is 4.98 Å². The van der Waals surface area contributed by atoms with Crippen molar-refractivity contribution in [3.05, 3.63) is 194 Å². The van der Waals surface area contributed by atoms with Crippen molar-refractivity contribution in [2.75, 3.05) is 4.90 Å². The highest BCUT2D eigenvalue weighted by Gasteiger charge is 2.16. The largest absolute Gasteiger partial charge is 0.435 e. The highest BCUT2D eigenvalue weighted by atomic mass is 16.3. The predicted molar refractivity (Wildman–Crippen MR) is 218 cm³/mol. The van der Waals surface area contributed by atoms with E-state index in [1.807, 2.05) is 30.3 Å². The average Bonchev–Trinajstić information content (AvgIpc) is 3.67. The molecule has 0 spiro atoms. The van der Waals surface area contributed by atoms with Gasteiger partial charge in [-0.15, -0.1) is 0 Å². The summed E-state index contributed by atoms with van der Waals surface area (Å²) in [5.41, 5.74) is 10.7. The molecule has 0 aliphatic rings. The molecule has 10 rings (SSSR count). The van der Waals surface area contributed by atoms with Gasteiger partial charge in [0.1, 0.15) is 5.52 Å². The number of nitrogens with zero attached hydrogens (tertiary/aromatic N) is 2. The summed E-state index contributed by atoms with van der Waals surface area (Å²) >= 11 is 0. The third-order valence-corrected chi connectivity index (χ3v) is 10.1. The van der Waals surface area contributed by atoms with Crippen molar-refractivity contribution in [1.29, 1.82) is 0 Å². The molecule has 0 radical (unpaired) electrons. The molecule has 10 aromatic rings. The lowest BCUT2D eigenvalue weighted by Gasteiger charge is -2.26. The van der Waals surface area contributed by atoms with Crippen LogP contribution in [-0.4, -0.2) is 4.98 Å². The highest BCUT2D eigenvalue weighted by Crippen LogP contribution is 2.40. The molecule has 0 bridgehead atoms. The van der Waals surface area contributed by atoms with Crippen molar-refractivity contribution in [3.63, 3.8) is 0 Å². The number of rotatable bonds is 6. The molecule has 0 aliphatic heterocycles. The minimum absolute atomic E-state index is 0.637. The van der Waals surface area contributed by atoms with E-state index in [0.29, 0.717) is 5.89 Å². The number of hydrogen-bond donors (Lipinski definition) is 0. The van der Waals surface area contributed by atoms with E-state index in [1.165, 1.54) is 27.3 Å². The second-order valence-electron chi connectivity index (χ2n) is 13.2. The van der Waals surface area contributed by atoms with Crippen molar-refractivity contribution in [2.24, 2.45) is 0 Å². The van der Waals surface area contributed by atoms with E-state index in [0.717, 1.165) is 61.0 Å². The fourth-order valence-electron chi connectivity index (χ4n) is 7.40. The zero-order chi connectivity index (χ0) is 34.4. The molecular weight excluding hydrogens is 633 g/mol. The summed E-state index contributed by atoms with van der Waals surface area (Å²) in [7, 11) is 0. The third kappa shape index (κ3) is 5.28. The van der Waals surface area contributed by atoms with Crippen LogP contribution >= 0.6 is 0 Å². The van der Waals surface area contributed by atoms with Gasteiger partial charge in [-0.2, -0.15) is 0 Å². The van der Waals surface area contributed by atoms with Crippen LogP contribution in [0.1, 0.15) is 0 Å². The quantitative estimate of drug-likeness (QED) is 0.166. The lowest BCUT2D eigenvalue weighted by Crippen LogP contribution is -2.09. The Morgan fingerprint density at radius 3 is 1.62 bits per heavy atom. The van der Waals surface area contributed by atoms with E-state index >= 15 is 0 Å². The van der Waals surface area contributed by atoms with Crippen molar-refractivity contribution in [3.8, 4) is 33.7 Å². The van der Waals surface area contributed by atoms with E-state index in [4.69, 9.17) is 9.40 Å². The van der Waals surface area contributed by atoms with Crippen molar-refractivity contribution in [2.45, 2.75) is 0 Å². The Morgan fingerprint density at radius 2 is 0.885 bits per heavy atom. The normalized spacial score (nSPS) is 11.5. The van der Waals surface area contributed by atoms with Gasteiger partial charge in [-0.1, -0.05) is 133 Å². The van der Waals surface area contributed by atoms with Crippen LogP contribution in [-0.2, 0) is 0 Å². The topological polar surface area (TPSA) is 29.3 Å². The van der Waals surface area contributed by atoms with Crippen LogP contribution in [0.15, 0.2) is 199 Å². The van der Waals surface area contributed by atoms with Gasteiger partial charge in [0.15, 0.2) is 5.58 Å². The summed E-state index contributed by atoms with van der Waals surface area (Å²) in [5.74, 6) is 0.637.